The molecule has 0 atom stereocenters. The molecule has 3 rings (SSSR count). The summed E-state index contributed by atoms with van der Waals surface area (Å²) in [5.41, 5.74) is 10.9. The van der Waals surface area contributed by atoms with Crippen LogP contribution in [0.25, 0.3) is 0 Å². The van der Waals surface area contributed by atoms with Crippen molar-refractivity contribution in [3.8, 4) is 5.75 Å². The Morgan fingerprint density at radius 2 is 2.08 bits per heavy atom. The minimum atomic E-state index is -0.216. The number of anilines is 2. The van der Waals surface area contributed by atoms with Crippen LogP contribution in [-0.2, 0) is 6.54 Å². The van der Waals surface area contributed by atoms with Crippen LogP contribution < -0.4 is 15.4 Å². The van der Waals surface area contributed by atoms with E-state index in [0.29, 0.717) is 24.5 Å². The zero-order valence-corrected chi connectivity index (χ0v) is 15.2. The summed E-state index contributed by atoms with van der Waals surface area (Å²) in [5, 5.41) is 0. The van der Waals surface area contributed by atoms with Crippen molar-refractivity contribution in [3.05, 3.63) is 46.8 Å². The Hall–Kier alpha value is -1.88. The summed E-state index contributed by atoms with van der Waals surface area (Å²) in [4.78, 5) is 3.39. The van der Waals surface area contributed by atoms with Gasteiger partial charge in [0.1, 0.15) is 18.2 Å². The number of nitrogens with two attached hydrogens (primary N) is 1. The zero-order chi connectivity index (χ0) is 17.3. The molecule has 2 aromatic rings. The van der Waals surface area contributed by atoms with E-state index in [1.807, 2.05) is 13.0 Å². The Labute approximate surface area is 147 Å². The number of rotatable bonds is 3. The lowest BCUT2D eigenvalue weighted by atomic mass is 10.1. The quantitative estimate of drug-likeness (QED) is 0.654. The van der Waals surface area contributed by atoms with Gasteiger partial charge in [0.05, 0.1) is 6.54 Å². The standard InChI is InChI=1S/C19H23FN2OS/c1-4-24-17-10-15(9-12(2)18(17)21)22-7-8-23-19-13(3)16(20)6-5-14(19)11-22/h5-6,9-10H,4,7-8,11,21H2,1-3H3. The lowest BCUT2D eigenvalue weighted by molar-refractivity contribution is 0.327. The van der Waals surface area contributed by atoms with Gasteiger partial charge in [-0.05, 0) is 43.4 Å². The van der Waals surface area contributed by atoms with Gasteiger partial charge in [-0.3, -0.25) is 0 Å². The second-order valence-electron chi connectivity index (χ2n) is 6.04. The highest BCUT2D eigenvalue weighted by molar-refractivity contribution is 7.99. The minimum absolute atomic E-state index is 0.216. The van der Waals surface area contributed by atoms with Crippen molar-refractivity contribution >= 4 is 23.1 Å². The van der Waals surface area contributed by atoms with E-state index in [9.17, 15) is 4.39 Å². The Morgan fingerprint density at radius 1 is 1.29 bits per heavy atom. The number of halogens is 1. The molecule has 2 aromatic carbocycles. The van der Waals surface area contributed by atoms with Crippen LogP contribution in [0.5, 0.6) is 5.75 Å². The molecule has 1 heterocycles. The van der Waals surface area contributed by atoms with E-state index in [4.69, 9.17) is 10.5 Å². The second-order valence-corrected chi connectivity index (χ2v) is 7.34. The van der Waals surface area contributed by atoms with Gasteiger partial charge in [0.15, 0.2) is 0 Å². The molecule has 0 spiro atoms. The summed E-state index contributed by atoms with van der Waals surface area (Å²) in [6, 6.07) is 7.61. The summed E-state index contributed by atoms with van der Waals surface area (Å²) in [7, 11) is 0. The van der Waals surface area contributed by atoms with E-state index < -0.39 is 0 Å². The highest BCUT2D eigenvalue weighted by Crippen LogP contribution is 2.35. The summed E-state index contributed by atoms with van der Waals surface area (Å²) in [6.45, 7) is 7.94. The maximum absolute atomic E-state index is 13.8. The van der Waals surface area contributed by atoms with E-state index in [0.717, 1.165) is 39.7 Å². The van der Waals surface area contributed by atoms with Crippen LogP contribution in [-0.4, -0.2) is 18.9 Å². The first-order valence-electron chi connectivity index (χ1n) is 8.20. The van der Waals surface area contributed by atoms with Crippen molar-refractivity contribution in [2.75, 3.05) is 29.5 Å². The molecule has 1 aliphatic heterocycles. The van der Waals surface area contributed by atoms with Crippen molar-refractivity contribution in [1.82, 2.24) is 0 Å². The Morgan fingerprint density at radius 3 is 2.83 bits per heavy atom. The van der Waals surface area contributed by atoms with Gasteiger partial charge in [-0.1, -0.05) is 13.0 Å². The molecule has 0 radical (unpaired) electrons. The molecule has 0 unspecified atom stereocenters. The number of nitrogen functional groups attached to an aromatic ring is 1. The van der Waals surface area contributed by atoms with Gasteiger partial charge >= 0.3 is 0 Å². The van der Waals surface area contributed by atoms with Gasteiger partial charge in [0.25, 0.3) is 0 Å². The van der Waals surface area contributed by atoms with Gasteiger partial charge in [-0.25, -0.2) is 4.39 Å². The van der Waals surface area contributed by atoms with E-state index >= 15 is 0 Å². The molecule has 0 aromatic heterocycles. The lowest BCUT2D eigenvalue weighted by Gasteiger charge is -2.24. The number of thioether (sulfide) groups is 1. The van der Waals surface area contributed by atoms with Gasteiger partial charge in [-0.2, -0.15) is 0 Å². The lowest BCUT2D eigenvalue weighted by Crippen LogP contribution is -2.25. The molecule has 24 heavy (non-hydrogen) atoms. The SMILES string of the molecule is CCSc1cc(N2CCOc3c(ccc(F)c3C)C2)cc(C)c1N. The number of aryl methyl sites for hydroxylation is 1. The smallest absolute Gasteiger partial charge is 0.130 e. The van der Waals surface area contributed by atoms with Crippen LogP contribution in [0.15, 0.2) is 29.2 Å². The fourth-order valence-electron chi connectivity index (χ4n) is 3.02. The number of nitrogens with zero attached hydrogens (tertiary/aromatic N) is 1. The Bertz CT molecular complexity index is 764. The van der Waals surface area contributed by atoms with Crippen LogP contribution in [0.1, 0.15) is 23.6 Å². The van der Waals surface area contributed by atoms with Crippen molar-refractivity contribution in [1.29, 1.82) is 0 Å². The molecule has 0 amide bonds. The molecule has 0 saturated carbocycles. The molecular weight excluding hydrogens is 323 g/mol. The molecule has 0 saturated heterocycles. The third kappa shape index (κ3) is 3.18. The van der Waals surface area contributed by atoms with Crippen LogP contribution in [0.2, 0.25) is 0 Å². The normalized spacial score (nSPS) is 14.1. The minimum Gasteiger partial charge on any atom is -0.491 e. The molecule has 0 aliphatic carbocycles. The van der Waals surface area contributed by atoms with E-state index in [1.54, 1.807) is 18.7 Å². The first kappa shape index (κ1) is 17.0. The summed E-state index contributed by atoms with van der Waals surface area (Å²) in [5.74, 6) is 1.46. The zero-order valence-electron chi connectivity index (χ0n) is 14.4. The van der Waals surface area contributed by atoms with Crippen LogP contribution in [0, 0.1) is 19.7 Å². The first-order valence-corrected chi connectivity index (χ1v) is 9.18. The summed E-state index contributed by atoms with van der Waals surface area (Å²) >= 11 is 1.76. The van der Waals surface area contributed by atoms with Crippen molar-refractivity contribution in [3.63, 3.8) is 0 Å². The van der Waals surface area contributed by atoms with Gasteiger partial charge < -0.3 is 15.4 Å². The van der Waals surface area contributed by atoms with Crippen LogP contribution >= 0.6 is 11.8 Å². The number of fused-ring (bicyclic) bond motifs is 1. The molecule has 0 fully saturated rings. The highest BCUT2D eigenvalue weighted by Gasteiger charge is 2.20. The average molecular weight is 346 g/mol. The van der Waals surface area contributed by atoms with Crippen LogP contribution in [0.3, 0.4) is 0 Å². The number of hydrogen-bond acceptors (Lipinski definition) is 4. The molecule has 0 bridgehead atoms. The topological polar surface area (TPSA) is 38.5 Å². The van der Waals surface area contributed by atoms with Crippen molar-refractivity contribution in [2.45, 2.75) is 32.2 Å². The highest BCUT2D eigenvalue weighted by atomic mass is 32.2. The van der Waals surface area contributed by atoms with Gasteiger partial charge in [0.2, 0.25) is 0 Å². The molecule has 1 aliphatic rings. The third-order valence-electron chi connectivity index (χ3n) is 4.39. The monoisotopic (exact) mass is 346 g/mol. The van der Waals surface area contributed by atoms with Crippen LogP contribution in [0.4, 0.5) is 15.8 Å². The van der Waals surface area contributed by atoms with Gasteiger partial charge in [-0.15, -0.1) is 11.8 Å². The molecule has 3 nitrogen and oxygen atoms in total. The summed E-state index contributed by atoms with van der Waals surface area (Å²) in [6.07, 6.45) is 0. The number of hydrogen-bond donors (Lipinski definition) is 1. The number of benzene rings is 2. The average Bonchev–Trinajstić information content (AvgIpc) is 2.78. The second kappa shape index (κ2) is 6.93. The van der Waals surface area contributed by atoms with E-state index in [2.05, 4.69) is 24.0 Å². The number of ether oxygens (including phenoxy) is 1. The predicted molar refractivity (Wildman–Crippen MR) is 99.7 cm³/mol. The summed E-state index contributed by atoms with van der Waals surface area (Å²) < 4.78 is 19.6. The van der Waals surface area contributed by atoms with Crippen molar-refractivity contribution < 1.29 is 9.13 Å². The fraction of sp³-hybridized carbons (Fsp3) is 0.368. The fourth-order valence-corrected chi connectivity index (χ4v) is 3.85. The maximum atomic E-state index is 13.8. The third-order valence-corrected chi connectivity index (χ3v) is 5.33. The largest absolute Gasteiger partial charge is 0.491 e. The molecule has 2 N–H and O–H groups in total. The van der Waals surface area contributed by atoms with E-state index in [1.165, 1.54) is 6.07 Å². The molecular formula is C19H23FN2OS. The van der Waals surface area contributed by atoms with E-state index in [-0.39, 0.29) is 5.82 Å². The first-order chi connectivity index (χ1) is 11.5. The maximum Gasteiger partial charge on any atom is 0.130 e. The molecule has 128 valence electrons. The predicted octanol–water partition coefficient (Wildman–Crippen LogP) is 4.54. The molecule has 5 heteroatoms. The van der Waals surface area contributed by atoms with Gasteiger partial charge in [0, 0.05) is 33.9 Å². The Balaban J connectivity index is 1.97. The Kier molecular flexibility index (Phi) is 4.90. The van der Waals surface area contributed by atoms with Crippen molar-refractivity contribution in [2.24, 2.45) is 0 Å².